The third-order valence-corrected chi connectivity index (χ3v) is 3.16. The van der Waals surface area contributed by atoms with Crippen molar-refractivity contribution in [1.82, 2.24) is 0 Å². The van der Waals surface area contributed by atoms with Crippen LogP contribution < -0.4 is 0 Å². The second kappa shape index (κ2) is 3.12. The van der Waals surface area contributed by atoms with Gasteiger partial charge in [-0.1, -0.05) is 0 Å². The van der Waals surface area contributed by atoms with E-state index in [9.17, 15) is 9.90 Å². The van der Waals surface area contributed by atoms with E-state index in [-0.39, 0.29) is 35.9 Å². The summed E-state index contributed by atoms with van der Waals surface area (Å²) in [6.45, 7) is 0. The molecule has 1 aliphatic heterocycles. The molecule has 0 aromatic carbocycles. The summed E-state index contributed by atoms with van der Waals surface area (Å²) >= 11 is 5.66. The largest absolute Gasteiger partial charge is 0.469 e. The number of epoxide rings is 1. The minimum absolute atomic E-state index is 0.175. The second-order valence-electron chi connectivity index (χ2n) is 3.42. The van der Waals surface area contributed by atoms with E-state index in [1.807, 2.05) is 0 Å². The lowest BCUT2D eigenvalue weighted by Gasteiger charge is -2.20. The zero-order chi connectivity index (χ0) is 9.59. The maximum absolute atomic E-state index is 11.3. The number of rotatable bonds is 2. The first kappa shape index (κ1) is 9.24. The Morgan fingerprint density at radius 2 is 2.31 bits per heavy atom. The van der Waals surface area contributed by atoms with Gasteiger partial charge in [0.05, 0.1) is 19.1 Å². The molecular formula is C8H11ClO4. The summed E-state index contributed by atoms with van der Waals surface area (Å²) < 4.78 is 9.75. The van der Waals surface area contributed by atoms with E-state index in [2.05, 4.69) is 4.74 Å². The number of aliphatic hydroxyl groups excluding tert-OH is 1. The first-order chi connectivity index (χ1) is 6.20. The van der Waals surface area contributed by atoms with Crippen LogP contribution in [0.15, 0.2) is 0 Å². The van der Waals surface area contributed by atoms with Crippen LogP contribution in [-0.4, -0.2) is 42.4 Å². The minimum Gasteiger partial charge on any atom is -0.469 e. The lowest BCUT2D eigenvalue weighted by atomic mass is 9.95. The normalized spacial score (nSPS) is 47.2. The van der Waals surface area contributed by atoms with E-state index in [0.29, 0.717) is 0 Å². The number of fused-ring (bicyclic) bond motifs is 1. The van der Waals surface area contributed by atoms with Crippen molar-refractivity contribution in [2.45, 2.75) is 18.3 Å². The Morgan fingerprint density at radius 3 is 2.85 bits per heavy atom. The Balaban J connectivity index is 2.12. The van der Waals surface area contributed by atoms with E-state index in [0.717, 1.165) is 0 Å². The van der Waals surface area contributed by atoms with Gasteiger partial charge in [-0.25, -0.2) is 0 Å². The maximum atomic E-state index is 11.3. The number of hydrogen-bond acceptors (Lipinski definition) is 4. The molecule has 4 nitrogen and oxygen atoms in total. The molecule has 1 N–H and O–H groups in total. The van der Waals surface area contributed by atoms with Gasteiger partial charge in [-0.05, 0) is 0 Å². The Morgan fingerprint density at radius 1 is 1.62 bits per heavy atom. The summed E-state index contributed by atoms with van der Waals surface area (Å²) in [5, 5.41) is 9.60. The van der Waals surface area contributed by atoms with Crippen molar-refractivity contribution in [3.63, 3.8) is 0 Å². The smallest absolute Gasteiger partial charge is 0.311 e. The number of alkyl halides is 1. The number of carbonyl (C=O) groups is 1. The van der Waals surface area contributed by atoms with E-state index >= 15 is 0 Å². The Labute approximate surface area is 80.8 Å². The van der Waals surface area contributed by atoms with Gasteiger partial charge in [0.1, 0.15) is 12.2 Å². The zero-order valence-corrected chi connectivity index (χ0v) is 7.90. The average Bonchev–Trinajstić information content (AvgIpc) is 2.86. The summed E-state index contributed by atoms with van der Waals surface area (Å²) in [6, 6.07) is 0. The molecule has 13 heavy (non-hydrogen) atoms. The lowest BCUT2D eigenvalue weighted by Crippen LogP contribution is -2.33. The van der Waals surface area contributed by atoms with Crippen LogP contribution in [0.2, 0.25) is 0 Å². The minimum atomic E-state index is -0.619. The molecule has 1 heterocycles. The summed E-state index contributed by atoms with van der Waals surface area (Å²) in [7, 11) is 1.33. The Bertz CT molecular complexity index is 232. The van der Waals surface area contributed by atoms with Gasteiger partial charge in [-0.3, -0.25) is 4.79 Å². The summed E-state index contributed by atoms with van der Waals surface area (Å²) in [5.74, 6) is -0.688. The molecule has 1 saturated heterocycles. The quantitative estimate of drug-likeness (QED) is 0.385. The summed E-state index contributed by atoms with van der Waals surface area (Å²) in [5.41, 5.74) is 0. The highest BCUT2D eigenvalue weighted by molar-refractivity contribution is 6.18. The molecule has 0 spiro atoms. The Hall–Kier alpha value is -0.320. The standard InChI is InChI=1S/C8H11ClO4/c1-12-8(11)4-3(2-9)5(10)7-6(4)13-7/h3-7,10H,2H2,1H3/t3-,4+,5+,6-,7+/m0/s1. The third kappa shape index (κ3) is 1.24. The molecule has 2 aliphatic rings. The van der Waals surface area contributed by atoms with Crippen LogP contribution in [-0.2, 0) is 14.3 Å². The fourth-order valence-corrected chi connectivity index (χ4v) is 2.41. The second-order valence-corrected chi connectivity index (χ2v) is 3.73. The molecule has 0 unspecified atom stereocenters. The topological polar surface area (TPSA) is 59.1 Å². The number of ether oxygens (including phenoxy) is 2. The van der Waals surface area contributed by atoms with Crippen molar-refractivity contribution in [1.29, 1.82) is 0 Å². The zero-order valence-electron chi connectivity index (χ0n) is 7.14. The van der Waals surface area contributed by atoms with Crippen molar-refractivity contribution in [2.75, 3.05) is 13.0 Å². The maximum Gasteiger partial charge on any atom is 0.311 e. The molecule has 1 saturated carbocycles. The van der Waals surface area contributed by atoms with E-state index in [1.54, 1.807) is 0 Å². The molecule has 0 bridgehead atoms. The van der Waals surface area contributed by atoms with Crippen LogP contribution in [0.3, 0.4) is 0 Å². The average molecular weight is 207 g/mol. The van der Waals surface area contributed by atoms with Crippen molar-refractivity contribution in [3.05, 3.63) is 0 Å². The van der Waals surface area contributed by atoms with E-state index in [4.69, 9.17) is 16.3 Å². The number of methoxy groups -OCH3 is 1. The van der Waals surface area contributed by atoms with Crippen molar-refractivity contribution in [2.24, 2.45) is 11.8 Å². The van der Waals surface area contributed by atoms with Crippen molar-refractivity contribution in [3.8, 4) is 0 Å². The van der Waals surface area contributed by atoms with Gasteiger partial charge >= 0.3 is 5.97 Å². The summed E-state index contributed by atoms with van der Waals surface area (Å²) in [4.78, 5) is 11.3. The molecular weight excluding hydrogens is 196 g/mol. The fourth-order valence-electron chi connectivity index (χ4n) is 2.03. The molecule has 1 aliphatic carbocycles. The van der Waals surface area contributed by atoms with Crippen LogP contribution in [0.4, 0.5) is 0 Å². The molecule has 2 rings (SSSR count). The highest BCUT2D eigenvalue weighted by Crippen LogP contribution is 2.47. The first-order valence-corrected chi connectivity index (χ1v) is 4.71. The van der Waals surface area contributed by atoms with Gasteiger partial charge < -0.3 is 14.6 Å². The molecule has 5 atom stereocenters. The van der Waals surface area contributed by atoms with Gasteiger partial charge in [0.15, 0.2) is 0 Å². The predicted octanol–water partition coefficient (Wildman–Crippen LogP) is -0.228. The van der Waals surface area contributed by atoms with Gasteiger partial charge in [0.25, 0.3) is 0 Å². The molecule has 5 heteroatoms. The number of aliphatic hydroxyl groups is 1. The van der Waals surface area contributed by atoms with Crippen LogP contribution in [0.5, 0.6) is 0 Å². The third-order valence-electron chi connectivity index (χ3n) is 2.80. The van der Waals surface area contributed by atoms with Crippen molar-refractivity contribution < 1.29 is 19.4 Å². The number of esters is 1. The molecule has 74 valence electrons. The Kier molecular flexibility index (Phi) is 2.21. The highest BCUT2D eigenvalue weighted by Gasteiger charge is 2.64. The fraction of sp³-hybridized carbons (Fsp3) is 0.875. The molecule has 2 fully saturated rings. The predicted molar refractivity (Wildman–Crippen MR) is 44.4 cm³/mol. The highest BCUT2D eigenvalue weighted by atomic mass is 35.5. The van der Waals surface area contributed by atoms with Crippen LogP contribution in [0.25, 0.3) is 0 Å². The van der Waals surface area contributed by atoms with Crippen LogP contribution in [0.1, 0.15) is 0 Å². The van der Waals surface area contributed by atoms with Gasteiger partial charge in [-0.2, -0.15) is 0 Å². The molecule has 0 aromatic rings. The first-order valence-electron chi connectivity index (χ1n) is 4.18. The van der Waals surface area contributed by atoms with Crippen LogP contribution in [0, 0.1) is 11.8 Å². The number of halogens is 1. The number of carbonyl (C=O) groups excluding carboxylic acids is 1. The lowest BCUT2D eigenvalue weighted by molar-refractivity contribution is -0.149. The van der Waals surface area contributed by atoms with Gasteiger partial charge in [0.2, 0.25) is 0 Å². The van der Waals surface area contributed by atoms with Crippen molar-refractivity contribution >= 4 is 17.6 Å². The number of hydrogen-bond donors (Lipinski definition) is 1. The molecule has 0 aromatic heterocycles. The van der Waals surface area contributed by atoms with E-state index < -0.39 is 6.10 Å². The van der Waals surface area contributed by atoms with Gasteiger partial charge in [0, 0.05) is 11.8 Å². The molecule has 0 radical (unpaired) electrons. The molecule has 0 amide bonds. The monoisotopic (exact) mass is 206 g/mol. The van der Waals surface area contributed by atoms with E-state index in [1.165, 1.54) is 7.11 Å². The van der Waals surface area contributed by atoms with Gasteiger partial charge in [-0.15, -0.1) is 11.6 Å². The van der Waals surface area contributed by atoms with Crippen LogP contribution >= 0.6 is 11.6 Å². The SMILES string of the molecule is COC(=O)[C@@H]1[C@H](CCl)[C@@H](O)[C@H]2O[C@H]21. The summed E-state index contributed by atoms with van der Waals surface area (Å²) in [6.07, 6.45) is -0.995.